The minimum Gasteiger partial charge on any atom is -0.317 e. The van der Waals surface area contributed by atoms with E-state index >= 15 is 0 Å². The molecule has 2 N–H and O–H groups in total. The lowest BCUT2D eigenvalue weighted by molar-refractivity contribution is 0.354. The van der Waals surface area contributed by atoms with E-state index in [9.17, 15) is 0 Å². The fourth-order valence-corrected chi connectivity index (χ4v) is 2.49. The molecule has 1 aliphatic heterocycles. The van der Waals surface area contributed by atoms with Gasteiger partial charge in [0.1, 0.15) is 0 Å². The van der Waals surface area contributed by atoms with Crippen LogP contribution in [0.3, 0.4) is 0 Å². The third kappa shape index (κ3) is 4.14. The lowest BCUT2D eigenvalue weighted by Gasteiger charge is -2.23. The van der Waals surface area contributed by atoms with Crippen LogP contribution < -0.4 is 10.6 Å². The summed E-state index contributed by atoms with van der Waals surface area (Å²) in [6, 6.07) is 10.8. The lowest BCUT2D eigenvalue weighted by atomic mass is 9.97. The molecule has 0 aliphatic carbocycles. The molecule has 1 atom stereocenters. The highest BCUT2D eigenvalue weighted by Crippen LogP contribution is 2.14. The summed E-state index contributed by atoms with van der Waals surface area (Å²) in [5.41, 5.74) is 1.44. The molecule has 0 bridgehead atoms. The van der Waals surface area contributed by atoms with Gasteiger partial charge in [0.15, 0.2) is 0 Å². The molecule has 0 amide bonds. The number of hydrogen-bond acceptors (Lipinski definition) is 2. The third-order valence-electron chi connectivity index (χ3n) is 3.71. The first-order valence-electron chi connectivity index (χ1n) is 6.82. The van der Waals surface area contributed by atoms with Crippen molar-refractivity contribution in [3.63, 3.8) is 0 Å². The van der Waals surface area contributed by atoms with Crippen LogP contribution in [0.4, 0.5) is 0 Å². The van der Waals surface area contributed by atoms with E-state index in [1.165, 1.54) is 38.0 Å². The molecule has 94 valence electrons. The molecular formula is C15H24N2. The van der Waals surface area contributed by atoms with Gasteiger partial charge in [-0.3, -0.25) is 0 Å². The third-order valence-corrected chi connectivity index (χ3v) is 3.71. The summed E-state index contributed by atoms with van der Waals surface area (Å²) in [5, 5.41) is 7.04. The number of piperidine rings is 1. The first kappa shape index (κ1) is 12.6. The molecule has 0 radical (unpaired) electrons. The number of nitrogens with one attached hydrogen (secondary N) is 2. The van der Waals surface area contributed by atoms with E-state index in [0.29, 0.717) is 5.92 Å². The minimum atomic E-state index is 0.609. The summed E-state index contributed by atoms with van der Waals surface area (Å²) in [4.78, 5) is 0. The monoisotopic (exact) mass is 232 g/mol. The Labute approximate surface area is 105 Å². The zero-order chi connectivity index (χ0) is 11.9. The molecular weight excluding hydrogens is 208 g/mol. The smallest absolute Gasteiger partial charge is 0.00176 e. The predicted octanol–water partition coefficient (Wildman–Crippen LogP) is 2.38. The van der Waals surface area contributed by atoms with Crippen molar-refractivity contribution in [1.82, 2.24) is 10.6 Å². The fourth-order valence-electron chi connectivity index (χ4n) is 2.49. The van der Waals surface area contributed by atoms with E-state index in [4.69, 9.17) is 0 Å². The Kier molecular flexibility index (Phi) is 5.02. The molecule has 2 rings (SSSR count). The van der Waals surface area contributed by atoms with Crippen molar-refractivity contribution in [2.24, 2.45) is 5.92 Å². The van der Waals surface area contributed by atoms with Crippen LogP contribution in [0.1, 0.15) is 31.2 Å². The molecule has 0 spiro atoms. The van der Waals surface area contributed by atoms with Gasteiger partial charge >= 0.3 is 0 Å². The van der Waals surface area contributed by atoms with Crippen LogP contribution >= 0.6 is 0 Å². The number of hydrogen-bond donors (Lipinski definition) is 2. The standard InChI is InChI=1S/C15H24N2/c1-13(15-5-3-2-4-6-15)11-17-12-14-7-9-16-10-8-14/h2-6,13-14,16-17H,7-12H2,1H3/t13-/m1/s1. The summed E-state index contributed by atoms with van der Waals surface area (Å²) in [6.07, 6.45) is 2.65. The molecule has 17 heavy (non-hydrogen) atoms. The van der Waals surface area contributed by atoms with Gasteiger partial charge in [0.2, 0.25) is 0 Å². The number of benzene rings is 1. The first-order chi connectivity index (χ1) is 8.36. The van der Waals surface area contributed by atoms with Crippen LogP contribution in [0, 0.1) is 5.92 Å². The van der Waals surface area contributed by atoms with Gasteiger partial charge in [-0.05, 0) is 49.9 Å². The van der Waals surface area contributed by atoms with Crippen molar-refractivity contribution in [3.8, 4) is 0 Å². The lowest BCUT2D eigenvalue weighted by Crippen LogP contribution is -2.34. The van der Waals surface area contributed by atoms with E-state index in [0.717, 1.165) is 12.5 Å². The molecule has 1 saturated heterocycles. The molecule has 0 unspecified atom stereocenters. The maximum absolute atomic E-state index is 3.63. The van der Waals surface area contributed by atoms with Crippen molar-refractivity contribution in [2.45, 2.75) is 25.7 Å². The van der Waals surface area contributed by atoms with Gasteiger partial charge in [0.25, 0.3) is 0 Å². The normalized spacial score (nSPS) is 19.1. The van der Waals surface area contributed by atoms with Gasteiger partial charge in [0.05, 0.1) is 0 Å². The Balaban J connectivity index is 1.67. The molecule has 0 aromatic heterocycles. The molecule has 1 heterocycles. The van der Waals surface area contributed by atoms with Crippen molar-refractivity contribution >= 4 is 0 Å². The predicted molar refractivity (Wildman–Crippen MR) is 73.3 cm³/mol. The summed E-state index contributed by atoms with van der Waals surface area (Å²) in [5.74, 6) is 1.48. The maximum atomic E-state index is 3.63. The average molecular weight is 232 g/mol. The van der Waals surface area contributed by atoms with Gasteiger partial charge in [0, 0.05) is 6.54 Å². The second-order valence-electron chi connectivity index (χ2n) is 5.16. The van der Waals surface area contributed by atoms with Gasteiger partial charge in [-0.2, -0.15) is 0 Å². The second-order valence-corrected chi connectivity index (χ2v) is 5.16. The molecule has 2 heteroatoms. The van der Waals surface area contributed by atoms with Crippen molar-refractivity contribution in [1.29, 1.82) is 0 Å². The Bertz CT molecular complexity index is 304. The molecule has 0 saturated carbocycles. The van der Waals surface area contributed by atoms with Crippen LogP contribution in [0.15, 0.2) is 30.3 Å². The van der Waals surface area contributed by atoms with Gasteiger partial charge in [-0.1, -0.05) is 37.3 Å². The van der Waals surface area contributed by atoms with Crippen LogP contribution in [0.5, 0.6) is 0 Å². The topological polar surface area (TPSA) is 24.1 Å². The molecule has 1 aromatic carbocycles. The Morgan fingerprint density at radius 2 is 1.94 bits per heavy atom. The Morgan fingerprint density at radius 3 is 2.65 bits per heavy atom. The molecule has 1 fully saturated rings. The molecule has 1 aliphatic rings. The quantitative estimate of drug-likeness (QED) is 0.814. The highest BCUT2D eigenvalue weighted by molar-refractivity contribution is 5.18. The van der Waals surface area contributed by atoms with Crippen LogP contribution in [0.2, 0.25) is 0 Å². The summed E-state index contributed by atoms with van der Waals surface area (Å²) in [6.45, 7) is 6.96. The van der Waals surface area contributed by atoms with E-state index in [-0.39, 0.29) is 0 Å². The maximum Gasteiger partial charge on any atom is 0.00176 e. The van der Waals surface area contributed by atoms with E-state index in [1.54, 1.807) is 0 Å². The van der Waals surface area contributed by atoms with Crippen LogP contribution in [-0.2, 0) is 0 Å². The van der Waals surface area contributed by atoms with Crippen molar-refractivity contribution in [3.05, 3.63) is 35.9 Å². The Morgan fingerprint density at radius 1 is 1.24 bits per heavy atom. The van der Waals surface area contributed by atoms with E-state index in [1.807, 2.05) is 0 Å². The number of rotatable bonds is 5. The first-order valence-corrected chi connectivity index (χ1v) is 6.82. The van der Waals surface area contributed by atoms with Crippen molar-refractivity contribution < 1.29 is 0 Å². The minimum absolute atomic E-state index is 0.609. The van der Waals surface area contributed by atoms with Crippen LogP contribution in [-0.4, -0.2) is 26.2 Å². The largest absolute Gasteiger partial charge is 0.317 e. The summed E-state index contributed by atoms with van der Waals surface area (Å²) in [7, 11) is 0. The highest BCUT2D eigenvalue weighted by Gasteiger charge is 2.12. The van der Waals surface area contributed by atoms with E-state index < -0.39 is 0 Å². The zero-order valence-electron chi connectivity index (χ0n) is 10.8. The second kappa shape index (κ2) is 6.77. The molecule has 2 nitrogen and oxygen atoms in total. The highest BCUT2D eigenvalue weighted by atomic mass is 14.9. The van der Waals surface area contributed by atoms with Gasteiger partial charge < -0.3 is 10.6 Å². The summed E-state index contributed by atoms with van der Waals surface area (Å²) < 4.78 is 0. The average Bonchev–Trinajstić information content (AvgIpc) is 2.41. The van der Waals surface area contributed by atoms with Gasteiger partial charge in [-0.25, -0.2) is 0 Å². The van der Waals surface area contributed by atoms with Gasteiger partial charge in [-0.15, -0.1) is 0 Å². The van der Waals surface area contributed by atoms with E-state index in [2.05, 4.69) is 47.9 Å². The van der Waals surface area contributed by atoms with Crippen LogP contribution in [0.25, 0.3) is 0 Å². The fraction of sp³-hybridized carbons (Fsp3) is 0.600. The summed E-state index contributed by atoms with van der Waals surface area (Å²) >= 11 is 0. The van der Waals surface area contributed by atoms with Crippen molar-refractivity contribution in [2.75, 3.05) is 26.2 Å². The zero-order valence-corrected chi connectivity index (χ0v) is 10.8. The SMILES string of the molecule is C[C@H](CNCC1CCNCC1)c1ccccc1. The Hall–Kier alpha value is -0.860. The molecule has 1 aromatic rings.